The lowest BCUT2D eigenvalue weighted by Gasteiger charge is -2.30. The second-order valence-corrected chi connectivity index (χ2v) is 6.39. The molecule has 4 nitrogen and oxygen atoms in total. The van der Waals surface area contributed by atoms with Crippen LogP contribution in [0.4, 0.5) is 11.4 Å². The van der Waals surface area contributed by atoms with Crippen LogP contribution in [-0.2, 0) is 4.79 Å². The topological polar surface area (TPSA) is 61.4 Å². The van der Waals surface area contributed by atoms with E-state index in [1.54, 1.807) is 0 Å². The van der Waals surface area contributed by atoms with Gasteiger partial charge in [0.2, 0.25) is 5.91 Å². The van der Waals surface area contributed by atoms with E-state index in [0.717, 1.165) is 23.2 Å². The zero-order valence-corrected chi connectivity index (χ0v) is 12.3. The van der Waals surface area contributed by atoms with Crippen LogP contribution in [-0.4, -0.2) is 23.7 Å². The van der Waals surface area contributed by atoms with Crippen molar-refractivity contribution in [3.8, 4) is 0 Å². The molecule has 0 unspecified atom stereocenters. The van der Waals surface area contributed by atoms with Gasteiger partial charge in [-0.1, -0.05) is 18.9 Å². The molecule has 3 N–H and O–H groups in total. The van der Waals surface area contributed by atoms with E-state index < -0.39 is 6.61 Å². The van der Waals surface area contributed by atoms with E-state index in [-0.39, 0.29) is 5.91 Å². The summed E-state index contributed by atoms with van der Waals surface area (Å²) in [6.45, 7) is -0.483. The Balaban J connectivity index is 1.58. The molecule has 0 radical (unpaired) electrons. The van der Waals surface area contributed by atoms with Crippen LogP contribution in [0.5, 0.6) is 0 Å². The van der Waals surface area contributed by atoms with Crippen molar-refractivity contribution in [1.82, 2.24) is 0 Å². The second-order valence-electron chi connectivity index (χ2n) is 6.39. The van der Waals surface area contributed by atoms with E-state index in [0.29, 0.717) is 6.04 Å². The smallest absolute Gasteiger partial charge is 0.250 e. The van der Waals surface area contributed by atoms with E-state index in [4.69, 9.17) is 5.11 Å². The molecule has 0 spiro atoms. The highest BCUT2D eigenvalue weighted by Gasteiger charge is 2.34. The molecule has 4 heteroatoms. The van der Waals surface area contributed by atoms with Gasteiger partial charge in [0, 0.05) is 17.4 Å². The minimum Gasteiger partial charge on any atom is -0.387 e. The van der Waals surface area contributed by atoms with Gasteiger partial charge >= 0.3 is 0 Å². The fraction of sp³-hybridized carbons (Fsp3) is 0.588. The molecule has 0 heterocycles. The summed E-state index contributed by atoms with van der Waals surface area (Å²) >= 11 is 0. The summed E-state index contributed by atoms with van der Waals surface area (Å²) in [7, 11) is 0. The number of carbonyl (C=O) groups excluding carboxylic acids is 1. The molecule has 1 amide bonds. The minimum atomic E-state index is -0.483. The van der Waals surface area contributed by atoms with E-state index in [9.17, 15) is 4.79 Å². The fourth-order valence-electron chi connectivity index (χ4n) is 3.48. The van der Waals surface area contributed by atoms with Gasteiger partial charge in [-0.25, -0.2) is 0 Å². The Bertz CT molecular complexity index is 499. The van der Waals surface area contributed by atoms with E-state index >= 15 is 0 Å². The van der Waals surface area contributed by atoms with Gasteiger partial charge in [0.05, 0.1) is 0 Å². The number of aliphatic hydroxyl groups excluding tert-OH is 1. The Labute approximate surface area is 125 Å². The highest BCUT2D eigenvalue weighted by Crippen LogP contribution is 2.44. The molecule has 2 saturated carbocycles. The van der Waals surface area contributed by atoms with Crippen molar-refractivity contribution in [3.05, 3.63) is 24.3 Å². The summed E-state index contributed by atoms with van der Waals surface area (Å²) in [4.78, 5) is 11.2. The van der Waals surface area contributed by atoms with Crippen LogP contribution in [0.3, 0.4) is 0 Å². The molecule has 2 fully saturated rings. The minimum absolute atomic E-state index is 0.376. The Morgan fingerprint density at radius 2 is 1.95 bits per heavy atom. The molecule has 114 valence electrons. The summed E-state index contributed by atoms with van der Waals surface area (Å²) in [5.41, 5.74) is 1.78. The Hall–Kier alpha value is -1.55. The van der Waals surface area contributed by atoms with Crippen molar-refractivity contribution in [3.63, 3.8) is 0 Å². The lowest BCUT2D eigenvalue weighted by Crippen LogP contribution is -2.28. The van der Waals surface area contributed by atoms with Crippen molar-refractivity contribution >= 4 is 17.3 Å². The van der Waals surface area contributed by atoms with Crippen molar-refractivity contribution < 1.29 is 9.90 Å². The summed E-state index contributed by atoms with van der Waals surface area (Å²) in [5.74, 6) is 1.52. The number of nitrogens with one attached hydrogen (secondary N) is 2. The van der Waals surface area contributed by atoms with Crippen LogP contribution in [0, 0.1) is 11.8 Å². The Kier molecular flexibility index (Phi) is 4.44. The normalized spacial score (nSPS) is 25.4. The maximum atomic E-state index is 11.2. The van der Waals surface area contributed by atoms with Crippen molar-refractivity contribution in [2.24, 2.45) is 11.8 Å². The van der Waals surface area contributed by atoms with Gasteiger partial charge in [-0.3, -0.25) is 4.79 Å². The summed E-state index contributed by atoms with van der Waals surface area (Å²) in [5, 5.41) is 15.1. The highest BCUT2D eigenvalue weighted by molar-refractivity contribution is 5.91. The van der Waals surface area contributed by atoms with Crippen molar-refractivity contribution in [2.75, 3.05) is 17.2 Å². The lowest BCUT2D eigenvalue weighted by atomic mass is 9.82. The third kappa shape index (κ3) is 3.97. The number of carbonyl (C=O) groups is 1. The van der Waals surface area contributed by atoms with Crippen LogP contribution >= 0.6 is 0 Å². The van der Waals surface area contributed by atoms with Gasteiger partial charge in [0.25, 0.3) is 0 Å². The number of anilines is 2. The lowest BCUT2D eigenvalue weighted by molar-refractivity contribution is -0.118. The van der Waals surface area contributed by atoms with Gasteiger partial charge < -0.3 is 15.7 Å². The second kappa shape index (κ2) is 6.48. The number of benzene rings is 1. The van der Waals surface area contributed by atoms with Crippen molar-refractivity contribution in [1.29, 1.82) is 0 Å². The first-order valence-electron chi connectivity index (χ1n) is 8.02. The molecule has 0 saturated heterocycles. The van der Waals surface area contributed by atoms with Crippen LogP contribution in [0.15, 0.2) is 24.3 Å². The van der Waals surface area contributed by atoms with Crippen molar-refractivity contribution in [2.45, 2.75) is 44.6 Å². The first-order chi connectivity index (χ1) is 10.2. The van der Waals surface area contributed by atoms with Crippen LogP contribution in [0.2, 0.25) is 0 Å². The molecule has 0 bridgehead atoms. The van der Waals surface area contributed by atoms with Gasteiger partial charge in [-0.2, -0.15) is 0 Å². The zero-order chi connectivity index (χ0) is 14.7. The van der Waals surface area contributed by atoms with Gasteiger partial charge in [0.1, 0.15) is 6.61 Å². The predicted molar refractivity (Wildman–Crippen MR) is 84.3 cm³/mol. The average Bonchev–Trinajstić information content (AvgIpc) is 3.32. The highest BCUT2D eigenvalue weighted by atomic mass is 16.3. The third-order valence-corrected chi connectivity index (χ3v) is 4.66. The molecule has 0 aliphatic heterocycles. The molecular formula is C17H24N2O2. The average molecular weight is 288 g/mol. The molecule has 1 aromatic rings. The quantitative estimate of drug-likeness (QED) is 0.780. The zero-order valence-electron chi connectivity index (χ0n) is 12.3. The van der Waals surface area contributed by atoms with Gasteiger partial charge in [-0.05, 0) is 55.7 Å². The number of amides is 1. The standard InChI is InChI=1S/C17H24N2O2/c20-11-17(21)19-16-6-2-5-15(10-16)18-14-4-1-3-13(9-14)12-7-8-12/h2,5-6,10,12-14,18,20H,1,3-4,7-9,11H2,(H,19,21)/t13-,14-/m1/s1. The summed E-state index contributed by atoms with van der Waals surface area (Å²) in [6, 6.07) is 8.29. The van der Waals surface area contributed by atoms with Gasteiger partial charge in [0.15, 0.2) is 0 Å². The molecule has 2 atom stereocenters. The number of aliphatic hydroxyl groups is 1. The molecule has 3 rings (SSSR count). The first-order valence-corrected chi connectivity index (χ1v) is 8.02. The molecule has 1 aromatic carbocycles. The molecule has 2 aliphatic carbocycles. The molecule has 2 aliphatic rings. The largest absolute Gasteiger partial charge is 0.387 e. The maximum absolute atomic E-state index is 11.2. The maximum Gasteiger partial charge on any atom is 0.250 e. The number of rotatable bonds is 5. The third-order valence-electron chi connectivity index (χ3n) is 4.66. The first kappa shape index (κ1) is 14.4. The Morgan fingerprint density at radius 1 is 1.14 bits per heavy atom. The summed E-state index contributed by atoms with van der Waals surface area (Å²) < 4.78 is 0. The SMILES string of the molecule is O=C(CO)Nc1cccc(N[C@@H]2CCC[C@@H](C3CC3)C2)c1. The molecule has 21 heavy (non-hydrogen) atoms. The van der Waals surface area contributed by atoms with Gasteiger partial charge in [-0.15, -0.1) is 0 Å². The van der Waals surface area contributed by atoms with E-state index in [1.807, 2.05) is 24.3 Å². The number of hydrogen-bond acceptors (Lipinski definition) is 3. The Morgan fingerprint density at radius 3 is 2.71 bits per heavy atom. The van der Waals surface area contributed by atoms with E-state index in [1.165, 1.54) is 38.5 Å². The fourth-order valence-corrected chi connectivity index (χ4v) is 3.48. The monoisotopic (exact) mass is 288 g/mol. The van der Waals surface area contributed by atoms with E-state index in [2.05, 4.69) is 10.6 Å². The molecular weight excluding hydrogens is 264 g/mol. The summed E-state index contributed by atoms with van der Waals surface area (Å²) in [6.07, 6.45) is 8.09. The number of hydrogen-bond donors (Lipinski definition) is 3. The van der Waals surface area contributed by atoms with Crippen LogP contribution in [0.25, 0.3) is 0 Å². The molecule has 0 aromatic heterocycles. The predicted octanol–water partition coefficient (Wildman–Crippen LogP) is 3.00. The van der Waals surface area contributed by atoms with Crippen LogP contribution in [0.1, 0.15) is 38.5 Å². The van der Waals surface area contributed by atoms with Crippen LogP contribution < -0.4 is 10.6 Å².